The molecule has 0 saturated carbocycles. The van der Waals surface area contributed by atoms with Crippen LogP contribution in [0.1, 0.15) is 10.4 Å². The molecule has 0 radical (unpaired) electrons. The van der Waals surface area contributed by atoms with Gasteiger partial charge in [-0.1, -0.05) is 18.2 Å². The monoisotopic (exact) mass is 260 g/mol. The number of urea groups is 1. The molecule has 1 aromatic carbocycles. The fourth-order valence-electron chi connectivity index (χ4n) is 1.56. The van der Waals surface area contributed by atoms with Crippen LogP contribution in [0.4, 0.5) is 4.79 Å². The normalized spacial score (nSPS) is 11.3. The number of nitrogens with two attached hydrogens (primary N) is 1. The number of nitrogens with one attached hydrogen (secondary N) is 2. The number of hydrogen-bond acceptors (Lipinski definition) is 4. The second-order valence-electron chi connectivity index (χ2n) is 3.67. The number of hydrogen-bond donors (Lipinski definition) is 3. The summed E-state index contributed by atoms with van der Waals surface area (Å²) in [7, 11) is 1.49. The van der Waals surface area contributed by atoms with Gasteiger partial charge in [-0.3, -0.25) is 4.79 Å². The molecule has 2 rings (SSSR count). The van der Waals surface area contributed by atoms with Gasteiger partial charge in [0.25, 0.3) is 5.91 Å². The predicted molar refractivity (Wildman–Crippen MR) is 67.9 cm³/mol. The number of carbonyl (C=O) groups excluding carboxylic acids is 2. The first-order chi connectivity index (χ1) is 9.11. The van der Waals surface area contributed by atoms with Crippen LogP contribution < -0.4 is 22.0 Å². The van der Waals surface area contributed by atoms with Gasteiger partial charge in [-0.25, -0.2) is 10.2 Å². The van der Waals surface area contributed by atoms with Gasteiger partial charge in [-0.15, -0.1) is 5.10 Å². The summed E-state index contributed by atoms with van der Waals surface area (Å²) in [5.74, 6) is -0.375. The Balaban J connectivity index is 2.67. The van der Waals surface area contributed by atoms with Crippen molar-refractivity contribution >= 4 is 22.9 Å². The summed E-state index contributed by atoms with van der Waals surface area (Å²) in [4.78, 5) is 22.4. The highest BCUT2D eigenvalue weighted by molar-refractivity contribution is 5.96. The lowest BCUT2D eigenvalue weighted by atomic mass is 10.2. The Morgan fingerprint density at radius 3 is 2.74 bits per heavy atom. The number of rotatable bonds is 2. The summed E-state index contributed by atoms with van der Waals surface area (Å²) in [5, 5.41) is 6.89. The van der Waals surface area contributed by atoms with Gasteiger partial charge in [0.15, 0.2) is 0 Å². The number of primary amides is 1. The molecule has 0 aliphatic rings. The molecule has 4 N–H and O–H groups in total. The lowest BCUT2D eigenvalue weighted by molar-refractivity contribution is 0.0958. The fraction of sp³-hybridized carbons (Fsp3) is 0.0833. The van der Waals surface area contributed by atoms with Crippen molar-refractivity contribution in [3.8, 4) is 0 Å². The number of carbonyl (C=O) groups is 2. The zero-order valence-electron chi connectivity index (χ0n) is 10.1. The molecule has 0 fully saturated rings. The topological polar surface area (TPSA) is 110 Å². The number of benzene rings is 1. The number of amides is 3. The Hall–Kier alpha value is -2.83. The molecule has 7 heteroatoms. The van der Waals surface area contributed by atoms with Crippen LogP contribution >= 0.6 is 0 Å². The Kier molecular flexibility index (Phi) is 3.46. The van der Waals surface area contributed by atoms with Crippen LogP contribution in [-0.2, 0) is 0 Å². The third-order valence-corrected chi connectivity index (χ3v) is 2.40. The van der Waals surface area contributed by atoms with Crippen LogP contribution in [0.15, 0.2) is 39.9 Å². The summed E-state index contributed by atoms with van der Waals surface area (Å²) in [5.41, 5.74) is 7.69. The highest BCUT2D eigenvalue weighted by Crippen LogP contribution is 2.12. The molecule has 0 aliphatic heterocycles. The molecule has 98 valence electrons. The second-order valence-corrected chi connectivity index (χ2v) is 3.67. The Morgan fingerprint density at radius 1 is 1.32 bits per heavy atom. The maximum absolute atomic E-state index is 11.7. The zero-order valence-corrected chi connectivity index (χ0v) is 10.1. The standard InChI is InChI=1S/C12H12N4O3/c1-14-10(17)8-6-7-4-2-3-5-9(7)19-11(8)15-16-12(13)18/h2-6H,1H3,(H,14,17)(H3,13,16,18)/b15-11-. The van der Waals surface area contributed by atoms with Crippen molar-refractivity contribution in [2.75, 3.05) is 7.05 Å². The predicted octanol–water partition coefficient (Wildman–Crippen LogP) is 0.276. The fourth-order valence-corrected chi connectivity index (χ4v) is 1.56. The summed E-state index contributed by atoms with van der Waals surface area (Å²) < 4.78 is 5.47. The van der Waals surface area contributed by atoms with Crippen molar-refractivity contribution in [2.45, 2.75) is 0 Å². The van der Waals surface area contributed by atoms with Gasteiger partial charge in [0.2, 0.25) is 5.55 Å². The molecular formula is C12H12N4O3. The molecule has 19 heavy (non-hydrogen) atoms. The second kappa shape index (κ2) is 5.21. The maximum atomic E-state index is 11.7. The quantitative estimate of drug-likeness (QED) is 0.674. The van der Waals surface area contributed by atoms with Crippen LogP contribution in [-0.4, -0.2) is 19.0 Å². The number of fused-ring (bicyclic) bond motifs is 1. The Morgan fingerprint density at radius 2 is 2.05 bits per heavy atom. The van der Waals surface area contributed by atoms with Crippen LogP contribution in [0.2, 0.25) is 0 Å². The van der Waals surface area contributed by atoms with Crippen LogP contribution in [0.25, 0.3) is 11.0 Å². The van der Waals surface area contributed by atoms with E-state index in [4.69, 9.17) is 10.2 Å². The molecule has 0 atom stereocenters. The molecule has 7 nitrogen and oxygen atoms in total. The van der Waals surface area contributed by atoms with Gasteiger partial charge in [0.1, 0.15) is 11.1 Å². The molecule has 0 spiro atoms. The van der Waals surface area contributed by atoms with Crippen LogP contribution in [0.5, 0.6) is 0 Å². The largest absolute Gasteiger partial charge is 0.436 e. The van der Waals surface area contributed by atoms with Gasteiger partial charge in [0.05, 0.1) is 0 Å². The molecule has 0 aliphatic carbocycles. The van der Waals surface area contributed by atoms with Crippen molar-refractivity contribution in [1.29, 1.82) is 0 Å². The van der Waals surface area contributed by atoms with Crippen LogP contribution in [0.3, 0.4) is 0 Å². The van der Waals surface area contributed by atoms with Gasteiger partial charge in [0, 0.05) is 12.4 Å². The minimum atomic E-state index is -0.841. The molecular weight excluding hydrogens is 248 g/mol. The Labute approximate surface area is 108 Å². The lowest BCUT2D eigenvalue weighted by Gasteiger charge is -2.03. The van der Waals surface area contributed by atoms with Gasteiger partial charge in [-0.05, 0) is 12.1 Å². The SMILES string of the molecule is CNC(=O)c1cc2ccccc2o/c1=N\NC(N)=O. The van der Waals surface area contributed by atoms with E-state index in [1.54, 1.807) is 24.3 Å². The van der Waals surface area contributed by atoms with Crippen molar-refractivity contribution < 1.29 is 14.0 Å². The molecule has 0 unspecified atom stereocenters. The van der Waals surface area contributed by atoms with Crippen molar-refractivity contribution in [3.63, 3.8) is 0 Å². The molecule has 2 aromatic rings. The first kappa shape index (κ1) is 12.6. The van der Waals surface area contributed by atoms with E-state index < -0.39 is 6.03 Å². The average molecular weight is 260 g/mol. The zero-order chi connectivity index (χ0) is 13.8. The van der Waals surface area contributed by atoms with E-state index >= 15 is 0 Å². The highest BCUT2D eigenvalue weighted by atomic mass is 16.3. The molecule has 1 heterocycles. The third kappa shape index (κ3) is 2.71. The average Bonchev–Trinajstić information content (AvgIpc) is 2.43. The van der Waals surface area contributed by atoms with Gasteiger partial charge in [-0.2, -0.15) is 0 Å². The highest BCUT2D eigenvalue weighted by Gasteiger charge is 2.10. The minimum Gasteiger partial charge on any atom is -0.436 e. The maximum Gasteiger partial charge on any atom is 0.332 e. The molecule has 0 bridgehead atoms. The van der Waals surface area contributed by atoms with Crippen molar-refractivity contribution in [2.24, 2.45) is 10.8 Å². The van der Waals surface area contributed by atoms with Gasteiger partial charge >= 0.3 is 6.03 Å². The summed E-state index contributed by atoms with van der Waals surface area (Å²) in [6.45, 7) is 0. The number of nitrogens with zero attached hydrogens (tertiary/aromatic N) is 1. The number of para-hydroxylation sites is 1. The summed E-state index contributed by atoms with van der Waals surface area (Å²) >= 11 is 0. The summed E-state index contributed by atoms with van der Waals surface area (Å²) in [6.07, 6.45) is 0. The van der Waals surface area contributed by atoms with E-state index in [-0.39, 0.29) is 17.0 Å². The molecule has 1 aromatic heterocycles. The van der Waals surface area contributed by atoms with Crippen molar-refractivity contribution in [1.82, 2.24) is 10.7 Å². The molecule has 3 amide bonds. The van der Waals surface area contributed by atoms with E-state index in [1.807, 2.05) is 11.5 Å². The van der Waals surface area contributed by atoms with E-state index in [2.05, 4.69) is 10.4 Å². The third-order valence-electron chi connectivity index (χ3n) is 2.40. The first-order valence-electron chi connectivity index (χ1n) is 5.46. The Bertz CT molecular complexity index is 705. The van der Waals surface area contributed by atoms with Crippen molar-refractivity contribution in [3.05, 3.63) is 41.4 Å². The smallest absolute Gasteiger partial charge is 0.332 e. The lowest BCUT2D eigenvalue weighted by Crippen LogP contribution is -2.30. The minimum absolute atomic E-state index is 0.0168. The van der Waals surface area contributed by atoms with Gasteiger partial charge < -0.3 is 15.5 Å². The van der Waals surface area contributed by atoms with E-state index in [1.165, 1.54) is 7.05 Å². The van der Waals surface area contributed by atoms with E-state index in [0.717, 1.165) is 5.39 Å². The van der Waals surface area contributed by atoms with Crippen LogP contribution in [0, 0.1) is 0 Å². The molecule has 0 saturated heterocycles. The van der Waals surface area contributed by atoms with E-state index in [9.17, 15) is 9.59 Å². The van der Waals surface area contributed by atoms with E-state index in [0.29, 0.717) is 5.58 Å². The first-order valence-corrected chi connectivity index (χ1v) is 5.46. The summed E-state index contributed by atoms with van der Waals surface area (Å²) in [6, 6.07) is 7.93.